The third kappa shape index (κ3) is 4.69. The van der Waals surface area contributed by atoms with Crippen LogP contribution in [0.4, 0.5) is 0 Å². The monoisotopic (exact) mass is 435 g/mol. The number of nitrogens with zero attached hydrogens (tertiary/aromatic N) is 2. The number of nitrogens with one attached hydrogen (secondary N) is 1. The summed E-state index contributed by atoms with van der Waals surface area (Å²) in [5.41, 5.74) is 0.923. The molecular formula is C19H18ClN3O5S. The first kappa shape index (κ1) is 20.7. The topological polar surface area (TPSA) is 99.5 Å². The van der Waals surface area contributed by atoms with Crippen LogP contribution in [0.1, 0.15) is 15.9 Å². The summed E-state index contributed by atoms with van der Waals surface area (Å²) in [6, 6.07) is 10.4. The van der Waals surface area contributed by atoms with Gasteiger partial charge in [-0.05, 0) is 36.4 Å². The number of methoxy groups -OCH3 is 2. The summed E-state index contributed by atoms with van der Waals surface area (Å²) in [6.07, 6.45) is 3.46. The Morgan fingerprint density at radius 3 is 2.52 bits per heavy atom. The Morgan fingerprint density at radius 1 is 1.14 bits per heavy atom. The number of carbonyl (C=O) groups excluding carboxylic acids is 1. The Kier molecular flexibility index (Phi) is 6.09. The highest BCUT2D eigenvalue weighted by Crippen LogP contribution is 2.27. The van der Waals surface area contributed by atoms with Gasteiger partial charge in [-0.2, -0.15) is 5.10 Å². The van der Waals surface area contributed by atoms with Gasteiger partial charge in [-0.15, -0.1) is 0 Å². The van der Waals surface area contributed by atoms with Gasteiger partial charge in [0.05, 0.1) is 30.7 Å². The summed E-state index contributed by atoms with van der Waals surface area (Å²) in [6.45, 7) is 0.445. The molecular weight excluding hydrogens is 418 g/mol. The van der Waals surface area contributed by atoms with Gasteiger partial charge in [-0.3, -0.25) is 9.48 Å². The van der Waals surface area contributed by atoms with Gasteiger partial charge in [0, 0.05) is 23.5 Å². The molecule has 1 aromatic heterocycles. The largest absolute Gasteiger partial charge is 0.496 e. The van der Waals surface area contributed by atoms with E-state index in [1.54, 1.807) is 29.2 Å². The van der Waals surface area contributed by atoms with Crippen LogP contribution in [0.5, 0.6) is 11.5 Å². The first-order valence-corrected chi connectivity index (χ1v) is 10.2. The standard InChI is InChI=1S/C19H18ClN3O5S/c1-27-17-7-6-15(11-16(17)20)29(25,26)22-19(24)13-4-5-14(18(10-13)28-2)12-23-9-3-8-21-23/h3-11H,12H2,1-2H3,(H,22,24). The molecule has 0 radical (unpaired) electrons. The number of halogens is 1. The van der Waals surface area contributed by atoms with E-state index in [1.807, 2.05) is 4.72 Å². The highest BCUT2D eigenvalue weighted by molar-refractivity contribution is 7.90. The van der Waals surface area contributed by atoms with E-state index in [0.29, 0.717) is 18.0 Å². The van der Waals surface area contributed by atoms with Crippen molar-refractivity contribution in [3.8, 4) is 11.5 Å². The molecule has 1 heterocycles. The van der Waals surface area contributed by atoms with Gasteiger partial charge in [0.2, 0.25) is 0 Å². The lowest BCUT2D eigenvalue weighted by Gasteiger charge is -2.12. The smallest absolute Gasteiger partial charge is 0.265 e. The molecule has 29 heavy (non-hydrogen) atoms. The summed E-state index contributed by atoms with van der Waals surface area (Å²) in [7, 11) is -1.23. The molecule has 0 fully saturated rings. The molecule has 2 aromatic carbocycles. The first-order chi connectivity index (χ1) is 13.8. The molecule has 152 valence electrons. The number of carbonyl (C=O) groups is 1. The molecule has 0 spiro atoms. The van der Waals surface area contributed by atoms with Crippen LogP contribution >= 0.6 is 11.6 Å². The zero-order chi connectivity index (χ0) is 21.0. The first-order valence-electron chi connectivity index (χ1n) is 8.39. The molecule has 8 nitrogen and oxygen atoms in total. The number of sulfonamides is 1. The third-order valence-corrected chi connectivity index (χ3v) is 5.73. The Labute approximate surface area is 173 Å². The normalized spacial score (nSPS) is 11.1. The van der Waals surface area contributed by atoms with E-state index in [2.05, 4.69) is 5.10 Å². The van der Waals surface area contributed by atoms with Gasteiger partial charge >= 0.3 is 0 Å². The van der Waals surface area contributed by atoms with Gasteiger partial charge < -0.3 is 9.47 Å². The molecule has 10 heteroatoms. The van der Waals surface area contributed by atoms with Crippen molar-refractivity contribution in [1.29, 1.82) is 0 Å². The van der Waals surface area contributed by atoms with Crippen molar-refractivity contribution in [3.05, 3.63) is 71.0 Å². The van der Waals surface area contributed by atoms with Crippen LogP contribution in [0, 0.1) is 0 Å². The van der Waals surface area contributed by atoms with Crippen molar-refractivity contribution in [2.75, 3.05) is 14.2 Å². The van der Waals surface area contributed by atoms with Crippen LogP contribution in [0.15, 0.2) is 59.8 Å². The Morgan fingerprint density at radius 2 is 1.90 bits per heavy atom. The summed E-state index contributed by atoms with van der Waals surface area (Å²) < 4.78 is 39.1. The zero-order valence-corrected chi connectivity index (χ0v) is 17.2. The maximum absolute atomic E-state index is 12.5. The number of rotatable bonds is 7. The third-order valence-electron chi connectivity index (χ3n) is 4.10. The summed E-state index contributed by atoms with van der Waals surface area (Å²) in [4.78, 5) is 12.4. The second kappa shape index (κ2) is 8.54. The fourth-order valence-corrected chi connectivity index (χ4v) is 3.96. The van der Waals surface area contributed by atoms with Crippen LogP contribution in [-0.4, -0.2) is 38.3 Å². The molecule has 0 unspecified atom stereocenters. The molecule has 0 bridgehead atoms. The van der Waals surface area contributed by atoms with E-state index in [-0.39, 0.29) is 15.5 Å². The molecule has 0 aliphatic carbocycles. The molecule has 0 saturated carbocycles. The SMILES string of the molecule is COc1ccc(S(=O)(=O)NC(=O)c2ccc(Cn3cccn3)c(OC)c2)cc1Cl. The van der Waals surface area contributed by atoms with Crippen molar-refractivity contribution in [2.45, 2.75) is 11.4 Å². The van der Waals surface area contributed by atoms with Crippen LogP contribution in [0.25, 0.3) is 0 Å². The Balaban J connectivity index is 1.81. The predicted molar refractivity (Wildman–Crippen MR) is 107 cm³/mol. The van der Waals surface area contributed by atoms with E-state index in [0.717, 1.165) is 5.56 Å². The number of hydrogen-bond donors (Lipinski definition) is 1. The number of ether oxygens (including phenoxy) is 2. The lowest BCUT2D eigenvalue weighted by atomic mass is 10.1. The molecule has 3 rings (SSSR count). The van der Waals surface area contributed by atoms with E-state index in [1.165, 1.54) is 44.6 Å². The summed E-state index contributed by atoms with van der Waals surface area (Å²) >= 11 is 5.98. The molecule has 0 aliphatic heterocycles. The molecule has 0 atom stereocenters. The van der Waals surface area contributed by atoms with Gasteiger partial charge in [0.25, 0.3) is 15.9 Å². The number of hydrogen-bond acceptors (Lipinski definition) is 6. The fourth-order valence-electron chi connectivity index (χ4n) is 2.64. The van der Waals surface area contributed by atoms with Crippen molar-refractivity contribution in [3.63, 3.8) is 0 Å². The summed E-state index contributed by atoms with van der Waals surface area (Å²) in [5.74, 6) is -0.0200. The molecule has 1 N–H and O–H groups in total. The van der Waals surface area contributed by atoms with Crippen molar-refractivity contribution >= 4 is 27.5 Å². The maximum atomic E-state index is 12.5. The quantitative estimate of drug-likeness (QED) is 0.612. The highest BCUT2D eigenvalue weighted by atomic mass is 35.5. The van der Waals surface area contributed by atoms with Crippen LogP contribution in [0.2, 0.25) is 5.02 Å². The minimum absolute atomic E-state index is 0.118. The molecule has 0 aliphatic rings. The van der Waals surface area contributed by atoms with Crippen LogP contribution in [0.3, 0.4) is 0 Å². The van der Waals surface area contributed by atoms with Crippen molar-refractivity contribution < 1.29 is 22.7 Å². The van der Waals surface area contributed by atoms with Crippen LogP contribution in [-0.2, 0) is 16.6 Å². The Bertz CT molecular complexity index is 1130. The van der Waals surface area contributed by atoms with Crippen molar-refractivity contribution in [1.82, 2.24) is 14.5 Å². The van der Waals surface area contributed by atoms with E-state index < -0.39 is 15.9 Å². The average Bonchev–Trinajstić information content (AvgIpc) is 3.21. The average molecular weight is 436 g/mol. The minimum Gasteiger partial charge on any atom is -0.496 e. The number of amides is 1. The molecule has 1 amide bonds. The second-order valence-electron chi connectivity index (χ2n) is 5.96. The van der Waals surface area contributed by atoms with E-state index in [4.69, 9.17) is 21.1 Å². The van der Waals surface area contributed by atoms with Gasteiger partial charge in [0.15, 0.2) is 0 Å². The summed E-state index contributed by atoms with van der Waals surface area (Å²) in [5, 5.41) is 4.25. The second-order valence-corrected chi connectivity index (χ2v) is 8.05. The van der Waals surface area contributed by atoms with Crippen molar-refractivity contribution in [2.24, 2.45) is 0 Å². The van der Waals surface area contributed by atoms with E-state index in [9.17, 15) is 13.2 Å². The maximum Gasteiger partial charge on any atom is 0.265 e. The lowest BCUT2D eigenvalue weighted by Crippen LogP contribution is -2.30. The molecule has 0 saturated heterocycles. The minimum atomic E-state index is -4.12. The highest BCUT2D eigenvalue weighted by Gasteiger charge is 2.21. The Hall–Kier alpha value is -3.04. The van der Waals surface area contributed by atoms with Gasteiger partial charge in [0.1, 0.15) is 11.5 Å². The molecule has 3 aromatic rings. The van der Waals surface area contributed by atoms with Gasteiger partial charge in [-0.1, -0.05) is 17.7 Å². The number of aromatic nitrogens is 2. The van der Waals surface area contributed by atoms with Crippen LogP contribution < -0.4 is 14.2 Å². The van der Waals surface area contributed by atoms with Gasteiger partial charge in [-0.25, -0.2) is 13.1 Å². The van der Waals surface area contributed by atoms with E-state index >= 15 is 0 Å². The zero-order valence-electron chi connectivity index (χ0n) is 15.6. The fraction of sp³-hybridized carbons (Fsp3) is 0.158. The predicted octanol–water partition coefficient (Wildman–Crippen LogP) is 2.72. The number of benzene rings is 2. The lowest BCUT2D eigenvalue weighted by molar-refractivity contribution is 0.0981.